The van der Waals surface area contributed by atoms with Gasteiger partial charge in [-0.05, 0) is 50.3 Å². The molecule has 3 heterocycles. The van der Waals surface area contributed by atoms with Gasteiger partial charge in [0.05, 0.1) is 11.5 Å². The van der Waals surface area contributed by atoms with Gasteiger partial charge < -0.3 is 15.5 Å². The van der Waals surface area contributed by atoms with E-state index in [1.807, 2.05) is 0 Å². The van der Waals surface area contributed by atoms with Crippen LogP contribution < -0.4 is 21.1 Å². The second kappa shape index (κ2) is 8.70. The van der Waals surface area contributed by atoms with Crippen molar-refractivity contribution in [3.63, 3.8) is 0 Å². The SMILES string of the molecule is CC[C@@H]1CCCCN1c1nc2c(c(=O)[nH]1)[C@@H](C(=O)Nc1cccc(Cl)c1C)CC(=O)N2. The summed E-state index contributed by atoms with van der Waals surface area (Å²) in [5, 5.41) is 6.02. The standard InChI is InChI=1S/C22H26ClN5O3/c1-3-13-7-4-5-10-28(13)22-26-19-18(21(31)27-22)14(11-17(29)25-19)20(30)24-16-9-6-8-15(23)12(16)2/h6,8-9,13-14H,3-5,7,10-11H2,1-2H3,(H,24,30)(H2,25,26,27,29,31)/t13-,14+/m1/s1. The van der Waals surface area contributed by atoms with Crippen molar-refractivity contribution in [2.45, 2.75) is 57.9 Å². The number of aromatic nitrogens is 2. The molecule has 8 nitrogen and oxygen atoms in total. The summed E-state index contributed by atoms with van der Waals surface area (Å²) in [4.78, 5) is 48.0. The molecule has 0 saturated carbocycles. The molecule has 1 aromatic heterocycles. The van der Waals surface area contributed by atoms with Crippen LogP contribution in [0, 0.1) is 6.92 Å². The summed E-state index contributed by atoms with van der Waals surface area (Å²) in [5.74, 6) is -1.10. The molecule has 2 atom stereocenters. The fourth-order valence-corrected chi connectivity index (χ4v) is 4.56. The molecular formula is C22H26ClN5O3. The normalized spacial score (nSPS) is 20.7. The van der Waals surface area contributed by atoms with Gasteiger partial charge in [-0.15, -0.1) is 0 Å². The van der Waals surface area contributed by atoms with E-state index in [-0.39, 0.29) is 23.7 Å². The maximum absolute atomic E-state index is 13.1. The number of halogens is 1. The van der Waals surface area contributed by atoms with Crippen LogP contribution in [0.3, 0.4) is 0 Å². The van der Waals surface area contributed by atoms with Crippen molar-refractivity contribution in [3.8, 4) is 0 Å². The maximum atomic E-state index is 13.1. The molecule has 31 heavy (non-hydrogen) atoms. The van der Waals surface area contributed by atoms with E-state index in [1.165, 1.54) is 0 Å². The first kappa shape index (κ1) is 21.4. The molecule has 0 spiro atoms. The Morgan fingerprint density at radius 1 is 1.32 bits per heavy atom. The molecule has 1 saturated heterocycles. The highest BCUT2D eigenvalue weighted by Crippen LogP contribution is 2.32. The number of nitrogens with zero attached hydrogens (tertiary/aromatic N) is 2. The van der Waals surface area contributed by atoms with Gasteiger partial charge in [0.15, 0.2) is 0 Å². The number of aromatic amines is 1. The number of nitrogens with one attached hydrogen (secondary N) is 3. The molecule has 1 fully saturated rings. The van der Waals surface area contributed by atoms with Gasteiger partial charge in [0.2, 0.25) is 17.8 Å². The first-order valence-corrected chi connectivity index (χ1v) is 11.0. The van der Waals surface area contributed by atoms with Crippen LogP contribution in [0.5, 0.6) is 0 Å². The number of hydrogen-bond acceptors (Lipinski definition) is 5. The second-order valence-electron chi connectivity index (χ2n) is 8.11. The zero-order chi connectivity index (χ0) is 22.1. The van der Waals surface area contributed by atoms with Crippen molar-refractivity contribution < 1.29 is 9.59 Å². The molecule has 2 aromatic rings. The summed E-state index contributed by atoms with van der Waals surface area (Å²) in [6.45, 7) is 4.70. The van der Waals surface area contributed by atoms with Crippen molar-refractivity contribution >= 4 is 40.9 Å². The van der Waals surface area contributed by atoms with Gasteiger partial charge in [0, 0.05) is 29.7 Å². The average molecular weight is 444 g/mol. The minimum atomic E-state index is -0.934. The summed E-state index contributed by atoms with van der Waals surface area (Å²) >= 11 is 6.14. The number of H-pyrrole nitrogens is 1. The first-order valence-electron chi connectivity index (χ1n) is 10.7. The van der Waals surface area contributed by atoms with Crippen LogP contribution in [-0.2, 0) is 9.59 Å². The number of rotatable bonds is 4. The van der Waals surface area contributed by atoms with E-state index in [0.29, 0.717) is 22.7 Å². The Labute approximate surface area is 185 Å². The number of piperidine rings is 1. The lowest BCUT2D eigenvalue weighted by atomic mass is 9.92. The molecule has 2 aliphatic heterocycles. The van der Waals surface area contributed by atoms with Crippen LogP contribution in [0.4, 0.5) is 17.5 Å². The van der Waals surface area contributed by atoms with Gasteiger partial charge >= 0.3 is 0 Å². The molecule has 0 radical (unpaired) electrons. The number of fused-ring (bicyclic) bond motifs is 1. The molecule has 2 aliphatic rings. The quantitative estimate of drug-likeness (QED) is 0.669. The minimum Gasteiger partial charge on any atom is -0.339 e. The Morgan fingerprint density at radius 3 is 2.90 bits per heavy atom. The first-order chi connectivity index (χ1) is 14.9. The molecule has 1 aromatic carbocycles. The van der Waals surface area contributed by atoms with Gasteiger partial charge in [0.1, 0.15) is 5.82 Å². The van der Waals surface area contributed by atoms with Crippen LogP contribution in [0.25, 0.3) is 0 Å². The lowest BCUT2D eigenvalue weighted by Crippen LogP contribution is -2.43. The number of carbonyl (C=O) groups is 2. The Kier molecular flexibility index (Phi) is 6.00. The number of hydrogen-bond donors (Lipinski definition) is 3. The largest absolute Gasteiger partial charge is 0.339 e. The molecule has 9 heteroatoms. The Balaban J connectivity index is 1.67. The van der Waals surface area contributed by atoms with E-state index in [9.17, 15) is 14.4 Å². The number of benzene rings is 1. The molecule has 0 unspecified atom stereocenters. The van der Waals surface area contributed by atoms with E-state index >= 15 is 0 Å². The van der Waals surface area contributed by atoms with Gasteiger partial charge in [-0.2, -0.15) is 4.98 Å². The fourth-order valence-electron chi connectivity index (χ4n) is 4.39. The van der Waals surface area contributed by atoms with E-state index in [1.54, 1.807) is 25.1 Å². The van der Waals surface area contributed by atoms with E-state index in [0.717, 1.165) is 37.8 Å². The lowest BCUT2D eigenvalue weighted by Gasteiger charge is -2.36. The Hall–Kier alpha value is -2.87. The van der Waals surface area contributed by atoms with Crippen molar-refractivity contribution in [2.24, 2.45) is 0 Å². The molecule has 3 N–H and O–H groups in total. The van der Waals surface area contributed by atoms with Gasteiger partial charge in [-0.3, -0.25) is 19.4 Å². The summed E-state index contributed by atoms with van der Waals surface area (Å²) in [6, 6.07) is 5.49. The third-order valence-corrected chi connectivity index (χ3v) is 6.56. The van der Waals surface area contributed by atoms with Crippen molar-refractivity contribution in [1.82, 2.24) is 9.97 Å². The summed E-state index contributed by atoms with van der Waals surface area (Å²) in [6.07, 6.45) is 4.02. The summed E-state index contributed by atoms with van der Waals surface area (Å²) < 4.78 is 0. The highest BCUT2D eigenvalue weighted by atomic mass is 35.5. The van der Waals surface area contributed by atoms with Crippen LogP contribution in [-0.4, -0.2) is 34.4 Å². The van der Waals surface area contributed by atoms with Crippen LogP contribution in [0.15, 0.2) is 23.0 Å². The van der Waals surface area contributed by atoms with Crippen LogP contribution >= 0.6 is 11.6 Å². The predicted molar refractivity (Wildman–Crippen MR) is 121 cm³/mol. The molecule has 4 rings (SSSR count). The second-order valence-corrected chi connectivity index (χ2v) is 8.52. The van der Waals surface area contributed by atoms with Gasteiger partial charge in [-0.1, -0.05) is 24.6 Å². The third-order valence-electron chi connectivity index (χ3n) is 6.15. The molecule has 2 amide bonds. The molecule has 0 aliphatic carbocycles. The number of anilines is 3. The monoisotopic (exact) mass is 443 g/mol. The fraction of sp³-hybridized carbons (Fsp3) is 0.455. The van der Waals surface area contributed by atoms with E-state index in [4.69, 9.17) is 11.6 Å². The zero-order valence-corrected chi connectivity index (χ0v) is 18.4. The average Bonchev–Trinajstić information content (AvgIpc) is 2.75. The number of amides is 2. The topological polar surface area (TPSA) is 107 Å². The van der Waals surface area contributed by atoms with E-state index < -0.39 is 17.4 Å². The number of carbonyl (C=O) groups excluding carboxylic acids is 2. The van der Waals surface area contributed by atoms with Gasteiger partial charge in [0.25, 0.3) is 5.56 Å². The minimum absolute atomic E-state index is 0.121. The predicted octanol–water partition coefficient (Wildman–Crippen LogP) is 3.57. The summed E-state index contributed by atoms with van der Waals surface area (Å²) in [5.41, 5.74) is 1.05. The Morgan fingerprint density at radius 2 is 2.13 bits per heavy atom. The maximum Gasteiger partial charge on any atom is 0.258 e. The van der Waals surface area contributed by atoms with Crippen molar-refractivity contribution in [2.75, 3.05) is 22.1 Å². The van der Waals surface area contributed by atoms with Crippen molar-refractivity contribution in [3.05, 3.63) is 44.7 Å². The summed E-state index contributed by atoms with van der Waals surface area (Å²) in [7, 11) is 0. The van der Waals surface area contributed by atoms with Crippen LogP contribution in [0.1, 0.15) is 56.1 Å². The smallest absolute Gasteiger partial charge is 0.258 e. The van der Waals surface area contributed by atoms with E-state index in [2.05, 4.69) is 32.4 Å². The third kappa shape index (κ3) is 4.17. The molecule has 164 valence electrons. The highest BCUT2D eigenvalue weighted by Gasteiger charge is 2.36. The van der Waals surface area contributed by atoms with Crippen LogP contribution in [0.2, 0.25) is 5.02 Å². The lowest BCUT2D eigenvalue weighted by molar-refractivity contribution is -0.123. The van der Waals surface area contributed by atoms with Gasteiger partial charge in [-0.25, -0.2) is 0 Å². The highest BCUT2D eigenvalue weighted by molar-refractivity contribution is 6.31. The van der Waals surface area contributed by atoms with Crippen molar-refractivity contribution in [1.29, 1.82) is 0 Å². The molecule has 0 bridgehead atoms. The Bertz CT molecular complexity index is 1080. The zero-order valence-electron chi connectivity index (χ0n) is 17.6. The molecular weight excluding hydrogens is 418 g/mol.